The van der Waals surface area contributed by atoms with Gasteiger partial charge in [-0.05, 0) is 11.6 Å². The molecule has 0 aliphatic heterocycles. The molecule has 0 radical (unpaired) electrons. The summed E-state index contributed by atoms with van der Waals surface area (Å²) in [6.45, 7) is 3.39. The Morgan fingerprint density at radius 2 is 2.27 bits per heavy atom. The van der Waals surface area contributed by atoms with E-state index in [0.29, 0.717) is 4.90 Å². The molecule has 2 amide bonds. The maximum absolute atomic E-state index is 10.7. The van der Waals surface area contributed by atoms with Crippen molar-refractivity contribution in [2.24, 2.45) is 0 Å². The van der Waals surface area contributed by atoms with Crippen LogP contribution in [0.1, 0.15) is 0 Å². The lowest BCUT2D eigenvalue weighted by molar-refractivity contribution is 0.131. The third kappa shape index (κ3) is 3.62. The van der Waals surface area contributed by atoms with E-state index in [1.807, 2.05) is 0 Å². The van der Waals surface area contributed by atoms with Gasteiger partial charge in [0, 0.05) is 7.05 Å². The zero-order valence-electron chi connectivity index (χ0n) is 6.04. The van der Waals surface area contributed by atoms with Crippen molar-refractivity contribution in [3.05, 3.63) is 12.7 Å². The van der Waals surface area contributed by atoms with Crippen LogP contribution in [-0.4, -0.2) is 30.0 Å². The number of amides is 2. The first-order valence-corrected chi connectivity index (χ1v) is 3.18. The number of rotatable bonds is 2. The summed E-state index contributed by atoms with van der Waals surface area (Å²) in [5.74, 6) is 0. The molecular formula is C6H8ClNO3. The monoisotopic (exact) mass is 177 g/mol. The van der Waals surface area contributed by atoms with Gasteiger partial charge in [-0.3, -0.25) is 4.79 Å². The largest absolute Gasteiger partial charge is 0.445 e. The van der Waals surface area contributed by atoms with Crippen molar-refractivity contribution < 1.29 is 14.3 Å². The molecule has 0 aliphatic carbocycles. The van der Waals surface area contributed by atoms with E-state index >= 15 is 0 Å². The predicted octanol–water partition coefficient (Wildman–Crippen LogP) is 1.60. The smallest absolute Gasteiger partial charge is 0.417 e. The van der Waals surface area contributed by atoms with Crippen molar-refractivity contribution >= 4 is 23.1 Å². The Balaban J connectivity index is 3.82. The number of imide groups is 1. The van der Waals surface area contributed by atoms with Gasteiger partial charge in [-0.15, -0.1) is 0 Å². The second-order valence-electron chi connectivity index (χ2n) is 1.68. The highest BCUT2D eigenvalue weighted by Gasteiger charge is 2.14. The number of hydrogen-bond donors (Lipinski definition) is 0. The molecule has 0 saturated carbocycles. The Morgan fingerprint density at radius 3 is 2.64 bits per heavy atom. The Hall–Kier alpha value is -1.03. The van der Waals surface area contributed by atoms with Crippen LogP contribution in [0.2, 0.25) is 0 Å². The average molecular weight is 178 g/mol. The standard InChI is InChI=1S/C6H8ClNO3/c1-3-4-11-6(10)8(2)5(7)9/h3H,1,4H2,2H3. The van der Waals surface area contributed by atoms with Gasteiger partial charge >= 0.3 is 11.5 Å². The van der Waals surface area contributed by atoms with Crippen LogP contribution in [0.25, 0.3) is 0 Å². The van der Waals surface area contributed by atoms with Crippen LogP contribution < -0.4 is 0 Å². The van der Waals surface area contributed by atoms with Gasteiger partial charge in [0.25, 0.3) is 0 Å². The fourth-order valence-electron chi connectivity index (χ4n) is 0.299. The lowest BCUT2D eigenvalue weighted by Crippen LogP contribution is -2.29. The molecule has 0 N–H and O–H groups in total. The molecule has 0 aromatic heterocycles. The summed E-state index contributed by atoms with van der Waals surface area (Å²) < 4.78 is 4.48. The SMILES string of the molecule is C=CCOC(=O)N(C)C(=O)Cl. The highest BCUT2D eigenvalue weighted by atomic mass is 35.5. The van der Waals surface area contributed by atoms with E-state index in [4.69, 9.17) is 11.6 Å². The summed E-state index contributed by atoms with van der Waals surface area (Å²) >= 11 is 4.96. The quantitative estimate of drug-likeness (QED) is 0.366. The van der Waals surface area contributed by atoms with Crippen molar-refractivity contribution in [3.8, 4) is 0 Å². The van der Waals surface area contributed by atoms with Crippen molar-refractivity contribution in [3.63, 3.8) is 0 Å². The van der Waals surface area contributed by atoms with Gasteiger partial charge in [0.1, 0.15) is 6.61 Å². The Kier molecular flexibility index (Phi) is 4.29. The molecule has 5 heteroatoms. The summed E-state index contributed by atoms with van der Waals surface area (Å²) in [6, 6.07) is 0. The first-order chi connectivity index (χ1) is 5.09. The minimum Gasteiger partial charge on any atom is -0.445 e. The van der Waals surface area contributed by atoms with Gasteiger partial charge in [-0.1, -0.05) is 12.7 Å². The van der Waals surface area contributed by atoms with Crippen molar-refractivity contribution in [2.45, 2.75) is 0 Å². The normalized spacial score (nSPS) is 8.55. The molecule has 0 unspecified atom stereocenters. The molecule has 0 saturated heterocycles. The lowest BCUT2D eigenvalue weighted by atomic mass is 10.7. The lowest BCUT2D eigenvalue weighted by Gasteiger charge is -2.09. The van der Waals surface area contributed by atoms with Crippen molar-refractivity contribution in [2.75, 3.05) is 13.7 Å². The van der Waals surface area contributed by atoms with Gasteiger partial charge in [0.05, 0.1) is 0 Å². The minimum absolute atomic E-state index is 0.0628. The van der Waals surface area contributed by atoms with Gasteiger partial charge in [-0.25, -0.2) is 9.69 Å². The Labute approximate surface area is 69.4 Å². The van der Waals surface area contributed by atoms with E-state index in [9.17, 15) is 9.59 Å². The highest BCUT2D eigenvalue weighted by Crippen LogP contribution is 1.95. The highest BCUT2D eigenvalue weighted by molar-refractivity contribution is 6.63. The second kappa shape index (κ2) is 4.73. The molecule has 0 aromatic rings. The van der Waals surface area contributed by atoms with Crippen LogP contribution in [0.5, 0.6) is 0 Å². The summed E-state index contributed by atoms with van der Waals surface area (Å²) in [4.78, 5) is 21.7. The minimum atomic E-state index is -0.876. The molecule has 0 aliphatic rings. The van der Waals surface area contributed by atoms with Crippen LogP contribution in [0.15, 0.2) is 12.7 Å². The van der Waals surface area contributed by atoms with E-state index in [1.165, 1.54) is 13.1 Å². The molecule has 0 bridgehead atoms. The summed E-state index contributed by atoms with van der Waals surface area (Å²) in [7, 11) is 1.22. The molecule has 0 fully saturated rings. The van der Waals surface area contributed by atoms with E-state index in [2.05, 4.69) is 11.3 Å². The predicted molar refractivity (Wildman–Crippen MR) is 40.6 cm³/mol. The zero-order chi connectivity index (χ0) is 8.85. The van der Waals surface area contributed by atoms with Crippen molar-refractivity contribution in [1.82, 2.24) is 4.90 Å². The molecule has 0 spiro atoms. The van der Waals surface area contributed by atoms with E-state index in [-0.39, 0.29) is 6.61 Å². The molecule has 0 atom stereocenters. The fourth-order valence-corrected chi connectivity index (χ4v) is 0.368. The van der Waals surface area contributed by atoms with E-state index < -0.39 is 11.5 Å². The average Bonchev–Trinajstić information content (AvgIpc) is 1.98. The third-order valence-electron chi connectivity index (χ3n) is 0.862. The van der Waals surface area contributed by atoms with E-state index in [0.717, 1.165) is 0 Å². The number of hydrogen-bond acceptors (Lipinski definition) is 3. The van der Waals surface area contributed by atoms with E-state index in [1.54, 1.807) is 0 Å². The fraction of sp³-hybridized carbons (Fsp3) is 0.333. The van der Waals surface area contributed by atoms with Gasteiger partial charge < -0.3 is 4.74 Å². The van der Waals surface area contributed by atoms with Crippen molar-refractivity contribution in [1.29, 1.82) is 0 Å². The third-order valence-corrected chi connectivity index (χ3v) is 1.12. The van der Waals surface area contributed by atoms with Crippen LogP contribution in [0.3, 0.4) is 0 Å². The zero-order valence-corrected chi connectivity index (χ0v) is 6.80. The van der Waals surface area contributed by atoms with Gasteiger partial charge in [0.2, 0.25) is 0 Å². The molecule has 0 rings (SSSR count). The van der Waals surface area contributed by atoms with Gasteiger partial charge in [-0.2, -0.15) is 0 Å². The molecule has 0 heterocycles. The number of nitrogens with zero attached hydrogens (tertiary/aromatic N) is 1. The van der Waals surface area contributed by atoms with Gasteiger partial charge in [0.15, 0.2) is 0 Å². The van der Waals surface area contributed by atoms with Crippen LogP contribution >= 0.6 is 11.6 Å². The number of ether oxygens (including phenoxy) is 1. The molecule has 4 nitrogen and oxygen atoms in total. The number of halogens is 1. The first-order valence-electron chi connectivity index (χ1n) is 2.80. The van der Waals surface area contributed by atoms with Crippen LogP contribution in [0, 0.1) is 0 Å². The maximum atomic E-state index is 10.7. The summed E-state index contributed by atoms with van der Waals surface area (Å²) in [6.07, 6.45) is 0.606. The Morgan fingerprint density at radius 1 is 1.73 bits per heavy atom. The summed E-state index contributed by atoms with van der Waals surface area (Å²) in [5.41, 5.74) is 0. The number of carbonyl (C=O) groups is 2. The number of carbonyl (C=O) groups excluding carboxylic acids is 2. The van der Waals surface area contributed by atoms with Crippen LogP contribution in [-0.2, 0) is 4.74 Å². The topological polar surface area (TPSA) is 46.6 Å². The molecule has 62 valence electrons. The Bertz CT molecular complexity index is 181. The second-order valence-corrected chi connectivity index (χ2v) is 2.00. The molecular weight excluding hydrogens is 170 g/mol. The summed E-state index contributed by atoms with van der Waals surface area (Å²) in [5, 5.41) is -0.876. The first kappa shape index (κ1) is 9.97. The molecule has 11 heavy (non-hydrogen) atoms. The maximum Gasteiger partial charge on any atom is 0.417 e. The molecule has 0 aromatic carbocycles. The van der Waals surface area contributed by atoms with Crippen LogP contribution in [0.4, 0.5) is 9.59 Å².